The Kier molecular flexibility index (Phi) is 3.36. The van der Waals surface area contributed by atoms with Crippen molar-refractivity contribution >= 4 is 26.7 Å². The van der Waals surface area contributed by atoms with Gasteiger partial charge in [0.05, 0.1) is 16.3 Å². The Bertz CT molecular complexity index is 550. The van der Waals surface area contributed by atoms with Crippen molar-refractivity contribution in [3.8, 4) is 0 Å². The lowest BCUT2D eigenvalue weighted by atomic mass is 9.90. The number of rotatable bonds is 2. The molecule has 0 spiro atoms. The van der Waals surface area contributed by atoms with Crippen LogP contribution in [-0.4, -0.2) is 30.8 Å². The van der Waals surface area contributed by atoms with Crippen LogP contribution in [0.1, 0.15) is 25.7 Å². The van der Waals surface area contributed by atoms with Crippen molar-refractivity contribution in [1.82, 2.24) is 4.98 Å². The van der Waals surface area contributed by atoms with Crippen molar-refractivity contribution in [2.75, 3.05) is 24.6 Å². The summed E-state index contributed by atoms with van der Waals surface area (Å²) in [6.45, 7) is 3.23. The number of nitrogens with zero attached hydrogens (tertiary/aromatic N) is 2. The molecule has 1 aromatic carbocycles. The second-order valence-electron chi connectivity index (χ2n) is 5.84. The SMILES string of the molecule is c1ccc2sc(N3CCC(C4CCCO4)CC3)nc2c1. The zero-order valence-electron chi connectivity index (χ0n) is 11.6. The van der Waals surface area contributed by atoms with E-state index >= 15 is 0 Å². The number of ether oxygens (including phenoxy) is 1. The summed E-state index contributed by atoms with van der Waals surface area (Å²) < 4.78 is 7.14. The largest absolute Gasteiger partial charge is 0.378 e. The number of para-hydroxylation sites is 1. The number of benzene rings is 1. The van der Waals surface area contributed by atoms with Gasteiger partial charge in [-0.15, -0.1) is 0 Å². The van der Waals surface area contributed by atoms with E-state index in [1.807, 2.05) is 11.3 Å². The lowest BCUT2D eigenvalue weighted by Crippen LogP contribution is -2.37. The molecule has 2 fully saturated rings. The zero-order valence-corrected chi connectivity index (χ0v) is 12.4. The summed E-state index contributed by atoms with van der Waals surface area (Å²) in [5, 5.41) is 1.19. The van der Waals surface area contributed by atoms with Crippen LogP contribution in [0.3, 0.4) is 0 Å². The average Bonchev–Trinajstić information content (AvgIpc) is 3.17. The highest BCUT2D eigenvalue weighted by molar-refractivity contribution is 7.22. The summed E-state index contributed by atoms with van der Waals surface area (Å²) in [7, 11) is 0. The summed E-state index contributed by atoms with van der Waals surface area (Å²) in [5.41, 5.74) is 1.13. The molecule has 0 radical (unpaired) electrons. The van der Waals surface area contributed by atoms with Gasteiger partial charge >= 0.3 is 0 Å². The summed E-state index contributed by atoms with van der Waals surface area (Å²) >= 11 is 1.82. The Labute approximate surface area is 123 Å². The van der Waals surface area contributed by atoms with Gasteiger partial charge in [-0.3, -0.25) is 0 Å². The van der Waals surface area contributed by atoms with E-state index in [1.165, 1.54) is 35.5 Å². The minimum Gasteiger partial charge on any atom is -0.378 e. The van der Waals surface area contributed by atoms with Gasteiger partial charge < -0.3 is 9.64 Å². The summed E-state index contributed by atoms with van der Waals surface area (Å²) in [6, 6.07) is 8.42. The van der Waals surface area contributed by atoms with Crippen LogP contribution in [0.5, 0.6) is 0 Å². The van der Waals surface area contributed by atoms with Crippen LogP contribution in [0, 0.1) is 5.92 Å². The molecule has 2 aliphatic heterocycles. The fourth-order valence-electron chi connectivity index (χ4n) is 3.43. The first-order valence-corrected chi connectivity index (χ1v) is 8.44. The molecule has 4 heteroatoms. The maximum Gasteiger partial charge on any atom is 0.186 e. The number of aromatic nitrogens is 1. The van der Waals surface area contributed by atoms with Crippen molar-refractivity contribution in [3.63, 3.8) is 0 Å². The second kappa shape index (κ2) is 5.34. The van der Waals surface area contributed by atoms with E-state index in [2.05, 4.69) is 29.2 Å². The fraction of sp³-hybridized carbons (Fsp3) is 0.562. The molecule has 3 nitrogen and oxygen atoms in total. The van der Waals surface area contributed by atoms with Gasteiger partial charge in [-0.2, -0.15) is 0 Å². The van der Waals surface area contributed by atoms with Crippen molar-refractivity contribution < 1.29 is 4.74 Å². The highest BCUT2D eigenvalue weighted by Crippen LogP contribution is 2.34. The first kappa shape index (κ1) is 12.6. The number of hydrogen-bond acceptors (Lipinski definition) is 4. The minimum atomic E-state index is 0.535. The summed E-state index contributed by atoms with van der Waals surface area (Å²) in [4.78, 5) is 7.23. The molecule has 0 N–H and O–H groups in total. The predicted octanol–water partition coefficient (Wildman–Crippen LogP) is 3.69. The maximum atomic E-state index is 5.85. The van der Waals surface area contributed by atoms with E-state index in [0.29, 0.717) is 6.10 Å². The van der Waals surface area contributed by atoms with Gasteiger partial charge in [0.1, 0.15) is 0 Å². The van der Waals surface area contributed by atoms with E-state index in [-0.39, 0.29) is 0 Å². The van der Waals surface area contributed by atoms with Gasteiger partial charge in [0.2, 0.25) is 0 Å². The Hall–Kier alpha value is -1.13. The molecular formula is C16H20N2OS. The molecule has 1 aromatic heterocycles. The van der Waals surface area contributed by atoms with Gasteiger partial charge in [0.15, 0.2) is 5.13 Å². The molecule has 0 bridgehead atoms. The number of fused-ring (bicyclic) bond motifs is 1. The van der Waals surface area contributed by atoms with Crippen molar-refractivity contribution in [3.05, 3.63) is 24.3 Å². The van der Waals surface area contributed by atoms with Gasteiger partial charge in [0.25, 0.3) is 0 Å². The maximum absolute atomic E-state index is 5.85. The normalized spacial score (nSPS) is 24.6. The smallest absolute Gasteiger partial charge is 0.186 e. The Morgan fingerprint density at radius 1 is 1.15 bits per heavy atom. The third-order valence-electron chi connectivity index (χ3n) is 4.58. The lowest BCUT2D eigenvalue weighted by molar-refractivity contribution is 0.0531. The number of hydrogen-bond donors (Lipinski definition) is 0. The van der Waals surface area contributed by atoms with E-state index in [4.69, 9.17) is 9.72 Å². The Morgan fingerprint density at radius 3 is 2.75 bits per heavy atom. The van der Waals surface area contributed by atoms with Crippen LogP contribution < -0.4 is 4.90 Å². The fourth-order valence-corrected chi connectivity index (χ4v) is 4.45. The van der Waals surface area contributed by atoms with Gasteiger partial charge in [0, 0.05) is 19.7 Å². The minimum absolute atomic E-state index is 0.535. The molecule has 20 heavy (non-hydrogen) atoms. The second-order valence-corrected chi connectivity index (χ2v) is 6.85. The number of thiazole rings is 1. The number of piperidine rings is 1. The lowest BCUT2D eigenvalue weighted by Gasteiger charge is -2.34. The zero-order chi connectivity index (χ0) is 13.4. The molecule has 1 atom stereocenters. The molecule has 3 heterocycles. The number of anilines is 1. The Morgan fingerprint density at radius 2 is 2.00 bits per heavy atom. The van der Waals surface area contributed by atoms with Crippen LogP contribution in [-0.2, 0) is 4.74 Å². The highest BCUT2D eigenvalue weighted by atomic mass is 32.1. The van der Waals surface area contributed by atoms with E-state index < -0.39 is 0 Å². The van der Waals surface area contributed by atoms with Crippen molar-refractivity contribution in [2.24, 2.45) is 5.92 Å². The molecule has 106 valence electrons. The summed E-state index contributed by atoms with van der Waals surface area (Å²) in [6.07, 6.45) is 5.56. The third kappa shape index (κ3) is 2.31. The molecule has 0 aliphatic carbocycles. The molecular weight excluding hydrogens is 268 g/mol. The molecule has 4 rings (SSSR count). The monoisotopic (exact) mass is 288 g/mol. The van der Waals surface area contributed by atoms with Gasteiger partial charge in [-0.1, -0.05) is 23.5 Å². The Balaban J connectivity index is 1.45. The molecule has 2 aromatic rings. The molecule has 1 unspecified atom stereocenters. The van der Waals surface area contributed by atoms with Gasteiger partial charge in [-0.05, 0) is 43.7 Å². The van der Waals surface area contributed by atoms with Crippen LogP contribution in [0.25, 0.3) is 10.2 Å². The van der Waals surface area contributed by atoms with Crippen molar-refractivity contribution in [1.29, 1.82) is 0 Å². The third-order valence-corrected chi connectivity index (χ3v) is 5.68. The van der Waals surface area contributed by atoms with E-state index in [1.54, 1.807) is 0 Å². The van der Waals surface area contributed by atoms with Crippen LogP contribution >= 0.6 is 11.3 Å². The van der Waals surface area contributed by atoms with Crippen LogP contribution in [0.15, 0.2) is 24.3 Å². The standard InChI is InChI=1S/C16H20N2OS/c1-2-6-15-13(4-1)17-16(20-15)18-9-7-12(8-10-18)14-5-3-11-19-14/h1-2,4,6,12,14H,3,5,7-11H2. The quantitative estimate of drug-likeness (QED) is 0.842. The van der Waals surface area contributed by atoms with E-state index in [0.717, 1.165) is 31.1 Å². The molecule has 0 saturated carbocycles. The van der Waals surface area contributed by atoms with Gasteiger partial charge in [-0.25, -0.2) is 4.98 Å². The molecule has 0 amide bonds. The first-order chi connectivity index (χ1) is 9.90. The predicted molar refractivity (Wildman–Crippen MR) is 83.5 cm³/mol. The molecule has 2 aliphatic rings. The van der Waals surface area contributed by atoms with Crippen LogP contribution in [0.2, 0.25) is 0 Å². The van der Waals surface area contributed by atoms with Crippen LogP contribution in [0.4, 0.5) is 5.13 Å². The highest BCUT2D eigenvalue weighted by Gasteiger charge is 2.30. The molecule has 2 saturated heterocycles. The first-order valence-electron chi connectivity index (χ1n) is 7.62. The average molecular weight is 288 g/mol. The topological polar surface area (TPSA) is 25.4 Å². The van der Waals surface area contributed by atoms with Crippen molar-refractivity contribution in [2.45, 2.75) is 31.8 Å². The van der Waals surface area contributed by atoms with E-state index in [9.17, 15) is 0 Å². The summed E-state index contributed by atoms with van der Waals surface area (Å²) in [5.74, 6) is 0.767.